The molecule has 0 bridgehead atoms. The summed E-state index contributed by atoms with van der Waals surface area (Å²) in [5, 5.41) is 15.0. The number of benzene rings is 1. The van der Waals surface area contributed by atoms with Crippen molar-refractivity contribution in [2.45, 2.75) is 57.5 Å². The molecule has 0 spiro atoms. The number of aliphatic hydroxyl groups is 1. The molecule has 2 N–H and O–H groups in total. The van der Waals surface area contributed by atoms with Gasteiger partial charge < -0.3 is 10.2 Å². The number of fused-ring (bicyclic) bond motifs is 5. The van der Waals surface area contributed by atoms with Crippen LogP contribution in [-0.2, 0) is 6.42 Å². The Hall–Kier alpha value is -1.02. The summed E-state index contributed by atoms with van der Waals surface area (Å²) >= 11 is 0. The van der Waals surface area contributed by atoms with E-state index in [2.05, 4.69) is 24.2 Å². The minimum Gasteiger partial charge on any atom is -0.508 e. The predicted octanol–water partition coefficient (Wildman–Crippen LogP) is 3.61. The lowest BCUT2D eigenvalue weighted by atomic mass is 9.55. The van der Waals surface area contributed by atoms with E-state index in [-0.39, 0.29) is 11.5 Å². The number of phenolic OH excluding ortho intramolecular Hbond substituents is 1. The summed E-state index contributed by atoms with van der Waals surface area (Å²) < 4.78 is 7.06. The van der Waals surface area contributed by atoms with E-state index in [1.54, 1.807) is 0 Å². The van der Waals surface area contributed by atoms with Gasteiger partial charge in [0.15, 0.2) is 0 Å². The number of phenols is 1. The van der Waals surface area contributed by atoms with E-state index in [0.29, 0.717) is 17.6 Å². The standard InChI is InChI=1S/C18H24O2/c1-18-9-8-14-13-5-3-12(19)10-11(13)2-4-15(14)16(18)6-7-17(18)20/h3,5,10,14-17,19-20H,2,4,6-9H2,1H3/t14-,15-,16+,17+,18+/m1/s1/i/hD. The first-order valence-electron chi connectivity index (χ1n) is 8.48. The summed E-state index contributed by atoms with van der Waals surface area (Å²) in [7, 11) is 0. The summed E-state index contributed by atoms with van der Waals surface area (Å²) in [6.07, 6.45) is 6.76. The third-order valence-corrected chi connectivity index (χ3v) is 6.65. The Bertz CT molecular complexity index is 558. The zero-order valence-corrected chi connectivity index (χ0v) is 12.1. The molecule has 20 heavy (non-hydrogen) atoms. The second-order valence-electron chi connectivity index (χ2n) is 7.41. The summed E-state index contributed by atoms with van der Waals surface area (Å²) in [6, 6.07) is 6.17. The highest BCUT2D eigenvalue weighted by atomic mass is 16.3. The van der Waals surface area contributed by atoms with Gasteiger partial charge in [-0.05, 0) is 85.0 Å². The van der Waals surface area contributed by atoms with Gasteiger partial charge in [0.25, 0.3) is 1.43 Å². The van der Waals surface area contributed by atoms with Crippen molar-refractivity contribution in [3.63, 3.8) is 0 Å². The fourth-order valence-electron chi connectivity index (χ4n) is 5.53. The molecule has 0 aromatic heterocycles. The van der Waals surface area contributed by atoms with Crippen LogP contribution in [0.2, 0.25) is 0 Å². The van der Waals surface area contributed by atoms with Crippen molar-refractivity contribution in [3.05, 3.63) is 29.3 Å². The molecule has 0 aliphatic heterocycles. The molecule has 0 unspecified atom stereocenters. The Morgan fingerprint density at radius 2 is 2.15 bits per heavy atom. The number of rotatable bonds is 1. The van der Waals surface area contributed by atoms with E-state index in [9.17, 15) is 5.11 Å². The molecular weight excluding hydrogens is 248 g/mol. The van der Waals surface area contributed by atoms with Crippen LogP contribution >= 0.6 is 0 Å². The van der Waals surface area contributed by atoms with Gasteiger partial charge in [-0.25, -0.2) is 0 Å². The molecule has 5 atom stereocenters. The van der Waals surface area contributed by atoms with Crippen LogP contribution in [0.3, 0.4) is 0 Å². The van der Waals surface area contributed by atoms with E-state index in [4.69, 9.17) is 1.43 Å². The molecule has 0 saturated heterocycles. The van der Waals surface area contributed by atoms with E-state index in [1.807, 2.05) is 6.07 Å². The average molecular weight is 273 g/mol. The summed E-state index contributed by atoms with van der Waals surface area (Å²) in [5.41, 5.74) is 3.02. The molecule has 0 amide bonds. The molecule has 1 aromatic carbocycles. The minimum absolute atomic E-state index is 0.0936. The summed E-state index contributed by atoms with van der Waals surface area (Å²) in [4.78, 5) is 0. The number of aromatic hydroxyl groups is 1. The predicted molar refractivity (Wildman–Crippen MR) is 78.7 cm³/mol. The van der Waals surface area contributed by atoms with Gasteiger partial charge in [0, 0.05) is 0 Å². The number of aryl methyl sites for hydroxylation is 1. The van der Waals surface area contributed by atoms with Gasteiger partial charge >= 0.3 is 0 Å². The maximum Gasteiger partial charge on any atom is 0.293 e. The van der Waals surface area contributed by atoms with Crippen LogP contribution in [0, 0.1) is 17.3 Å². The Morgan fingerprint density at radius 3 is 3.00 bits per heavy atom. The van der Waals surface area contributed by atoms with Crippen LogP contribution in [0.5, 0.6) is 5.75 Å². The highest BCUT2D eigenvalue weighted by molar-refractivity contribution is 5.40. The first-order chi connectivity index (χ1) is 10.1. The Labute approximate surface area is 122 Å². The molecule has 2 fully saturated rings. The lowest BCUT2D eigenvalue weighted by Crippen LogP contribution is -2.43. The van der Waals surface area contributed by atoms with Gasteiger partial charge in [-0.1, -0.05) is 13.0 Å². The fraction of sp³-hybridized carbons (Fsp3) is 0.667. The van der Waals surface area contributed by atoms with Crippen molar-refractivity contribution in [1.29, 1.82) is 1.43 Å². The fourth-order valence-corrected chi connectivity index (χ4v) is 5.53. The van der Waals surface area contributed by atoms with Gasteiger partial charge in [0.05, 0.1) is 6.10 Å². The maximum atomic E-state index is 10.4. The first-order valence-corrected chi connectivity index (χ1v) is 8.07. The van der Waals surface area contributed by atoms with E-state index >= 15 is 0 Å². The van der Waals surface area contributed by atoms with Gasteiger partial charge in [-0.2, -0.15) is 0 Å². The largest absolute Gasteiger partial charge is 0.508 e. The van der Waals surface area contributed by atoms with Crippen LogP contribution in [0.25, 0.3) is 0 Å². The molecule has 4 rings (SSSR count). The zero-order chi connectivity index (χ0) is 14.6. The van der Waals surface area contributed by atoms with Crippen LogP contribution in [0.1, 0.15) is 56.1 Å². The van der Waals surface area contributed by atoms with Crippen molar-refractivity contribution < 1.29 is 10.2 Å². The van der Waals surface area contributed by atoms with Gasteiger partial charge in [0.2, 0.25) is 0 Å². The molecule has 2 nitrogen and oxygen atoms in total. The van der Waals surface area contributed by atoms with Gasteiger partial charge in [-0.15, -0.1) is 0 Å². The van der Waals surface area contributed by atoms with Gasteiger partial charge in [0.1, 0.15) is 5.75 Å². The normalized spacial score (nSPS) is 43.2. The van der Waals surface area contributed by atoms with E-state index < -0.39 is 0 Å². The summed E-state index contributed by atoms with van der Waals surface area (Å²) in [5.74, 6) is 2.73. The quantitative estimate of drug-likeness (QED) is 0.820. The molecule has 0 radical (unpaired) electrons. The zero-order valence-electron chi connectivity index (χ0n) is 13.1. The Morgan fingerprint density at radius 1 is 1.25 bits per heavy atom. The van der Waals surface area contributed by atoms with Crippen LogP contribution < -0.4 is 0 Å². The highest BCUT2D eigenvalue weighted by Crippen LogP contribution is 2.60. The SMILES string of the molecule is [2H]Oc1ccc2c(c1)CC[C@@H]1[C@@H]2CC[C@]2(C)[C@@H](O)CC[C@@H]12. The molecule has 2 heteroatoms. The third kappa shape index (κ3) is 1.60. The topological polar surface area (TPSA) is 40.5 Å². The monoisotopic (exact) mass is 273 g/mol. The second kappa shape index (κ2) is 4.24. The van der Waals surface area contributed by atoms with Crippen molar-refractivity contribution >= 4 is 0 Å². The van der Waals surface area contributed by atoms with Crippen LogP contribution in [-0.4, -0.2) is 17.8 Å². The van der Waals surface area contributed by atoms with E-state index in [0.717, 1.165) is 25.2 Å². The van der Waals surface area contributed by atoms with Crippen molar-refractivity contribution in [3.8, 4) is 5.75 Å². The lowest BCUT2D eigenvalue weighted by Gasteiger charge is -2.50. The van der Waals surface area contributed by atoms with Crippen molar-refractivity contribution in [1.82, 2.24) is 0 Å². The van der Waals surface area contributed by atoms with Crippen LogP contribution in [0.15, 0.2) is 18.2 Å². The second-order valence-corrected chi connectivity index (χ2v) is 7.41. The molecule has 108 valence electrons. The molecular formula is C18H24O2. The highest BCUT2D eigenvalue weighted by Gasteiger charge is 2.54. The van der Waals surface area contributed by atoms with E-state index in [1.165, 1.54) is 30.4 Å². The minimum atomic E-state index is -0.0936. The molecule has 1 aromatic rings. The van der Waals surface area contributed by atoms with Crippen LogP contribution in [0.4, 0.5) is 0 Å². The molecule has 0 heterocycles. The van der Waals surface area contributed by atoms with Crippen molar-refractivity contribution in [2.24, 2.45) is 17.3 Å². The smallest absolute Gasteiger partial charge is 0.293 e. The Kier molecular flexibility index (Phi) is 2.46. The first kappa shape index (κ1) is 11.6. The Balaban J connectivity index is 1.68. The number of hydrogen-bond donors (Lipinski definition) is 2. The lowest BCUT2D eigenvalue weighted by molar-refractivity contribution is -0.0226. The van der Waals surface area contributed by atoms with Crippen molar-refractivity contribution in [2.75, 3.05) is 0 Å². The number of hydrogen-bond acceptors (Lipinski definition) is 2. The third-order valence-electron chi connectivity index (χ3n) is 6.65. The maximum absolute atomic E-state index is 10.4. The van der Waals surface area contributed by atoms with Gasteiger partial charge in [-0.3, -0.25) is 0 Å². The average Bonchev–Trinajstić information content (AvgIpc) is 2.82. The number of aliphatic hydroxyl groups excluding tert-OH is 1. The molecule has 3 aliphatic carbocycles. The molecule has 2 saturated carbocycles. The molecule has 3 aliphatic rings. The summed E-state index contributed by atoms with van der Waals surface area (Å²) in [6.45, 7) is 2.32.